The third-order valence-corrected chi connectivity index (χ3v) is 6.81. The summed E-state index contributed by atoms with van der Waals surface area (Å²) >= 11 is 1.81. The first kappa shape index (κ1) is 22.1. The van der Waals surface area contributed by atoms with Crippen LogP contribution in [0.4, 0.5) is 0 Å². The lowest BCUT2D eigenvalue weighted by molar-refractivity contribution is 0.0697. The Morgan fingerprint density at radius 2 is 1.78 bits per heavy atom. The molecule has 4 nitrogen and oxygen atoms in total. The first-order chi connectivity index (χ1) is 15.1. The van der Waals surface area contributed by atoms with Gasteiger partial charge in [0.25, 0.3) is 0 Å². The van der Waals surface area contributed by atoms with E-state index in [0.29, 0.717) is 18.7 Å². The summed E-state index contributed by atoms with van der Waals surface area (Å²) in [6, 6.07) is 24.4. The number of fused-ring (bicyclic) bond motifs is 2. The van der Waals surface area contributed by atoms with Gasteiger partial charge in [-0.25, -0.2) is 4.79 Å². The second-order valence-corrected chi connectivity index (χ2v) is 8.79. The van der Waals surface area contributed by atoms with Gasteiger partial charge in [-0.05, 0) is 71.4 Å². The number of carbonyl (C=O) groups is 1. The molecular formula is C26H23ClN2O2S. The average Bonchev–Trinajstić information content (AvgIpc) is 3.36. The fourth-order valence-electron chi connectivity index (χ4n) is 4.08. The van der Waals surface area contributed by atoms with Gasteiger partial charge in [0.15, 0.2) is 0 Å². The van der Waals surface area contributed by atoms with Crippen LogP contribution in [0.3, 0.4) is 0 Å². The van der Waals surface area contributed by atoms with Crippen molar-refractivity contribution in [2.75, 3.05) is 6.54 Å². The smallest absolute Gasteiger partial charge is 0.335 e. The summed E-state index contributed by atoms with van der Waals surface area (Å²) in [4.78, 5) is 12.4. The second kappa shape index (κ2) is 9.17. The first-order valence-electron chi connectivity index (χ1n) is 10.3. The van der Waals surface area contributed by atoms with Gasteiger partial charge in [0.05, 0.1) is 5.56 Å². The maximum absolute atomic E-state index is 11.1. The minimum absolute atomic E-state index is 0. The summed E-state index contributed by atoms with van der Waals surface area (Å²) in [6.07, 6.45) is 2.99. The van der Waals surface area contributed by atoms with Gasteiger partial charge in [-0.3, -0.25) is 0 Å². The van der Waals surface area contributed by atoms with Gasteiger partial charge in [0.2, 0.25) is 0 Å². The quantitative estimate of drug-likeness (QED) is 0.316. The van der Waals surface area contributed by atoms with Crippen molar-refractivity contribution in [1.29, 1.82) is 0 Å². The minimum atomic E-state index is -0.906. The fourth-order valence-corrected chi connectivity index (χ4v) is 5.14. The lowest BCUT2D eigenvalue weighted by atomic mass is 10.1. The number of benzene rings is 3. The van der Waals surface area contributed by atoms with Crippen LogP contribution in [-0.4, -0.2) is 22.2 Å². The number of rotatable bonds is 6. The van der Waals surface area contributed by atoms with Crippen molar-refractivity contribution < 1.29 is 9.90 Å². The van der Waals surface area contributed by atoms with E-state index in [4.69, 9.17) is 10.8 Å². The summed E-state index contributed by atoms with van der Waals surface area (Å²) in [7, 11) is 0. The maximum Gasteiger partial charge on any atom is 0.335 e. The van der Waals surface area contributed by atoms with Gasteiger partial charge in [-0.15, -0.1) is 23.7 Å². The van der Waals surface area contributed by atoms with Crippen LogP contribution in [0.1, 0.15) is 21.5 Å². The Bertz CT molecular complexity index is 1370. The van der Waals surface area contributed by atoms with Crippen molar-refractivity contribution in [2.24, 2.45) is 5.73 Å². The molecule has 0 radical (unpaired) electrons. The Kier molecular flexibility index (Phi) is 6.33. The third kappa shape index (κ3) is 4.15. The molecule has 32 heavy (non-hydrogen) atoms. The molecule has 5 rings (SSSR count). The molecule has 0 aliphatic rings. The molecule has 2 aromatic heterocycles. The molecule has 0 saturated heterocycles. The normalized spacial score (nSPS) is 11.0. The predicted molar refractivity (Wildman–Crippen MR) is 135 cm³/mol. The van der Waals surface area contributed by atoms with Gasteiger partial charge in [-0.1, -0.05) is 36.4 Å². The standard InChI is InChI=1S/C26H22N2O2S.ClH/c27-12-11-21-16-28(15-17-5-7-18(8-6-17)26(29)30)23-10-9-20(13-22(21)23)25-14-19-3-1-2-4-24(19)31-25;/h1-10,13-14,16H,11-12,15,27H2,(H,29,30);1H. The molecule has 0 amide bonds. The number of halogens is 1. The van der Waals surface area contributed by atoms with E-state index in [1.807, 2.05) is 23.5 Å². The molecule has 0 spiro atoms. The molecule has 5 aromatic rings. The van der Waals surface area contributed by atoms with E-state index in [1.165, 1.54) is 31.5 Å². The number of hydrogen-bond acceptors (Lipinski definition) is 3. The van der Waals surface area contributed by atoms with Crippen LogP contribution < -0.4 is 5.73 Å². The molecule has 0 bridgehead atoms. The zero-order chi connectivity index (χ0) is 21.4. The van der Waals surface area contributed by atoms with Crippen molar-refractivity contribution in [2.45, 2.75) is 13.0 Å². The third-order valence-electron chi connectivity index (χ3n) is 5.64. The number of nitrogens with two attached hydrogens (primary N) is 1. The molecular weight excluding hydrogens is 440 g/mol. The Hall–Kier alpha value is -3.12. The monoisotopic (exact) mass is 462 g/mol. The van der Waals surface area contributed by atoms with Crippen LogP contribution in [0.5, 0.6) is 0 Å². The summed E-state index contributed by atoms with van der Waals surface area (Å²) in [6.45, 7) is 1.28. The summed E-state index contributed by atoms with van der Waals surface area (Å²) in [5, 5.41) is 11.6. The topological polar surface area (TPSA) is 68.2 Å². The number of carboxylic acids is 1. The molecule has 0 unspecified atom stereocenters. The van der Waals surface area contributed by atoms with Gasteiger partial charge in [0, 0.05) is 33.2 Å². The zero-order valence-corrected chi connectivity index (χ0v) is 19.0. The lowest BCUT2D eigenvalue weighted by Gasteiger charge is -2.07. The Morgan fingerprint density at radius 3 is 2.50 bits per heavy atom. The molecule has 0 fully saturated rings. The number of nitrogens with zero attached hydrogens (tertiary/aromatic N) is 1. The van der Waals surface area contributed by atoms with E-state index in [0.717, 1.165) is 17.5 Å². The Morgan fingerprint density at radius 1 is 1.00 bits per heavy atom. The molecule has 0 aliphatic carbocycles. The van der Waals surface area contributed by atoms with Crippen molar-refractivity contribution in [3.63, 3.8) is 0 Å². The Labute approximate surface area is 196 Å². The average molecular weight is 463 g/mol. The largest absolute Gasteiger partial charge is 0.478 e. The number of carboxylic acid groups (broad SMARTS) is 1. The minimum Gasteiger partial charge on any atom is -0.478 e. The molecule has 0 atom stereocenters. The van der Waals surface area contributed by atoms with Crippen LogP contribution in [0, 0.1) is 0 Å². The molecule has 162 valence electrons. The van der Waals surface area contributed by atoms with Gasteiger partial charge >= 0.3 is 5.97 Å². The number of aromatic nitrogens is 1. The van der Waals surface area contributed by atoms with Gasteiger partial charge < -0.3 is 15.4 Å². The Balaban J connectivity index is 0.00000245. The molecule has 6 heteroatoms. The van der Waals surface area contributed by atoms with E-state index in [-0.39, 0.29) is 12.4 Å². The van der Waals surface area contributed by atoms with Crippen LogP contribution >= 0.6 is 23.7 Å². The van der Waals surface area contributed by atoms with E-state index < -0.39 is 5.97 Å². The highest BCUT2D eigenvalue weighted by Gasteiger charge is 2.12. The van der Waals surface area contributed by atoms with Crippen LogP contribution in [0.25, 0.3) is 31.4 Å². The van der Waals surface area contributed by atoms with Crippen LogP contribution in [0.15, 0.2) is 79.0 Å². The molecule has 3 N–H and O–H groups in total. The van der Waals surface area contributed by atoms with Crippen molar-refractivity contribution in [3.8, 4) is 10.4 Å². The zero-order valence-electron chi connectivity index (χ0n) is 17.3. The SMILES string of the molecule is Cl.NCCc1cn(Cc2ccc(C(=O)O)cc2)c2ccc(-c3cc4ccccc4s3)cc12. The molecule has 0 saturated carbocycles. The van der Waals surface area contributed by atoms with E-state index >= 15 is 0 Å². The van der Waals surface area contributed by atoms with Gasteiger partial charge in [-0.2, -0.15) is 0 Å². The highest BCUT2D eigenvalue weighted by atomic mass is 35.5. The van der Waals surface area contributed by atoms with Gasteiger partial charge in [0.1, 0.15) is 0 Å². The number of aromatic carboxylic acids is 1. The predicted octanol–water partition coefficient (Wildman–Crippen LogP) is 6.19. The first-order valence-corrected chi connectivity index (χ1v) is 11.1. The highest BCUT2D eigenvalue weighted by Crippen LogP contribution is 2.36. The van der Waals surface area contributed by atoms with Crippen molar-refractivity contribution in [1.82, 2.24) is 4.57 Å². The summed E-state index contributed by atoms with van der Waals surface area (Å²) in [5.41, 5.74) is 10.9. The molecule has 3 aromatic carbocycles. The lowest BCUT2D eigenvalue weighted by Crippen LogP contribution is -2.02. The number of hydrogen-bond donors (Lipinski definition) is 2. The fraction of sp³-hybridized carbons (Fsp3) is 0.115. The molecule has 2 heterocycles. The second-order valence-electron chi connectivity index (χ2n) is 7.70. The van der Waals surface area contributed by atoms with E-state index in [9.17, 15) is 4.79 Å². The summed E-state index contributed by atoms with van der Waals surface area (Å²) < 4.78 is 3.52. The van der Waals surface area contributed by atoms with E-state index in [1.54, 1.807) is 12.1 Å². The molecule has 0 aliphatic heterocycles. The summed E-state index contributed by atoms with van der Waals surface area (Å²) in [5.74, 6) is -0.906. The van der Waals surface area contributed by atoms with Crippen molar-refractivity contribution in [3.05, 3.63) is 95.7 Å². The maximum atomic E-state index is 11.1. The number of thiophene rings is 1. The van der Waals surface area contributed by atoms with Crippen molar-refractivity contribution >= 4 is 50.7 Å². The highest BCUT2D eigenvalue weighted by molar-refractivity contribution is 7.22. The van der Waals surface area contributed by atoms with Crippen LogP contribution in [0.2, 0.25) is 0 Å². The van der Waals surface area contributed by atoms with Crippen LogP contribution in [-0.2, 0) is 13.0 Å². The van der Waals surface area contributed by atoms with E-state index in [2.05, 4.69) is 59.3 Å².